The SMILES string of the molecule is CCN(CC)C(=O)Cn1c(=O)c(C(N)=O)cc2c(N3CCC(NC(C)=O)C3)ccnc21. The Morgan fingerprint density at radius 2 is 2.00 bits per heavy atom. The maximum Gasteiger partial charge on any atom is 0.265 e. The van der Waals surface area contributed by atoms with Crippen molar-refractivity contribution in [1.82, 2.24) is 19.8 Å². The number of hydrogen-bond donors (Lipinski definition) is 2. The molecule has 3 N–H and O–H groups in total. The third-order valence-corrected chi connectivity index (χ3v) is 5.58. The average molecular weight is 428 g/mol. The highest BCUT2D eigenvalue weighted by atomic mass is 16.2. The molecular formula is C21H28N6O4. The summed E-state index contributed by atoms with van der Waals surface area (Å²) in [5.74, 6) is -1.19. The van der Waals surface area contributed by atoms with Gasteiger partial charge in [-0.2, -0.15) is 0 Å². The van der Waals surface area contributed by atoms with Crippen molar-refractivity contribution in [2.75, 3.05) is 31.1 Å². The first-order valence-corrected chi connectivity index (χ1v) is 10.4. The van der Waals surface area contributed by atoms with Crippen molar-refractivity contribution < 1.29 is 14.4 Å². The lowest BCUT2D eigenvalue weighted by molar-refractivity contribution is -0.131. The number of hydrogen-bond acceptors (Lipinski definition) is 6. The molecule has 0 bridgehead atoms. The second kappa shape index (κ2) is 9.15. The highest BCUT2D eigenvalue weighted by molar-refractivity contribution is 5.99. The summed E-state index contributed by atoms with van der Waals surface area (Å²) in [4.78, 5) is 57.1. The number of nitrogens with zero attached hydrogens (tertiary/aromatic N) is 4. The molecule has 3 amide bonds. The summed E-state index contributed by atoms with van der Waals surface area (Å²) in [6, 6.07) is 3.25. The third kappa shape index (κ3) is 4.52. The first-order chi connectivity index (χ1) is 14.8. The lowest BCUT2D eigenvalue weighted by atomic mass is 10.1. The van der Waals surface area contributed by atoms with Gasteiger partial charge >= 0.3 is 0 Å². The summed E-state index contributed by atoms with van der Waals surface area (Å²) in [6.45, 7) is 7.26. The molecule has 3 rings (SSSR count). The van der Waals surface area contributed by atoms with Crippen LogP contribution in [0, 0.1) is 0 Å². The standard InChI is InChI=1S/C21H28N6O4/c1-4-25(5-2)18(29)12-27-20-15(10-16(19(22)30)21(27)31)17(6-8-23-20)26-9-7-14(11-26)24-13(3)28/h6,8,10,14H,4-5,7,9,11-12H2,1-3H3,(H2,22,30)(H,24,28). The van der Waals surface area contributed by atoms with Crippen LogP contribution < -0.4 is 21.5 Å². The number of nitrogens with two attached hydrogens (primary N) is 1. The van der Waals surface area contributed by atoms with Crippen molar-refractivity contribution in [3.05, 3.63) is 34.2 Å². The van der Waals surface area contributed by atoms with Crippen molar-refractivity contribution in [3.8, 4) is 0 Å². The number of rotatable bonds is 7. The van der Waals surface area contributed by atoms with E-state index >= 15 is 0 Å². The van der Waals surface area contributed by atoms with Crippen LogP contribution in [0.2, 0.25) is 0 Å². The van der Waals surface area contributed by atoms with E-state index in [0.717, 1.165) is 12.1 Å². The molecule has 2 aromatic heterocycles. The smallest absolute Gasteiger partial charge is 0.265 e. The van der Waals surface area contributed by atoms with Crippen molar-refractivity contribution in [2.24, 2.45) is 5.73 Å². The van der Waals surface area contributed by atoms with Gasteiger partial charge in [0.05, 0.1) is 0 Å². The van der Waals surface area contributed by atoms with Crippen LogP contribution >= 0.6 is 0 Å². The van der Waals surface area contributed by atoms with Gasteiger partial charge in [-0.3, -0.25) is 23.7 Å². The molecule has 1 unspecified atom stereocenters. The molecule has 0 aromatic carbocycles. The maximum atomic E-state index is 13.0. The summed E-state index contributed by atoms with van der Waals surface area (Å²) in [7, 11) is 0. The molecule has 1 aliphatic heterocycles. The summed E-state index contributed by atoms with van der Waals surface area (Å²) in [5.41, 5.74) is 5.73. The molecule has 10 heteroatoms. The lowest BCUT2D eigenvalue weighted by Gasteiger charge is -2.23. The van der Waals surface area contributed by atoms with Gasteiger partial charge in [-0.05, 0) is 32.4 Å². The van der Waals surface area contributed by atoms with E-state index in [0.29, 0.717) is 37.2 Å². The monoisotopic (exact) mass is 428 g/mol. The predicted molar refractivity (Wildman–Crippen MR) is 117 cm³/mol. The zero-order valence-corrected chi connectivity index (χ0v) is 18.1. The molecule has 0 radical (unpaired) electrons. The molecule has 0 saturated carbocycles. The quantitative estimate of drug-likeness (QED) is 0.642. The number of carbonyl (C=O) groups excluding carboxylic acids is 3. The second-order valence-corrected chi connectivity index (χ2v) is 7.58. The summed E-state index contributed by atoms with van der Waals surface area (Å²) in [5, 5.41) is 3.48. The van der Waals surface area contributed by atoms with Gasteiger partial charge in [-0.1, -0.05) is 0 Å². The maximum absolute atomic E-state index is 13.0. The molecule has 3 heterocycles. The van der Waals surface area contributed by atoms with Crippen LogP contribution in [0.25, 0.3) is 11.0 Å². The largest absolute Gasteiger partial charge is 0.369 e. The molecule has 0 aliphatic carbocycles. The average Bonchev–Trinajstić information content (AvgIpc) is 3.17. The van der Waals surface area contributed by atoms with Crippen LogP contribution in [0.3, 0.4) is 0 Å². The summed E-state index contributed by atoms with van der Waals surface area (Å²) in [6.07, 6.45) is 2.34. The van der Waals surface area contributed by atoms with E-state index in [4.69, 9.17) is 5.73 Å². The Balaban J connectivity index is 2.10. The number of fused-ring (bicyclic) bond motifs is 1. The van der Waals surface area contributed by atoms with Crippen molar-refractivity contribution >= 4 is 34.4 Å². The Morgan fingerprint density at radius 1 is 1.29 bits per heavy atom. The van der Waals surface area contributed by atoms with Gasteiger partial charge in [0, 0.05) is 56.4 Å². The van der Waals surface area contributed by atoms with Crippen LogP contribution in [0.4, 0.5) is 5.69 Å². The van der Waals surface area contributed by atoms with Crippen LogP contribution in [0.5, 0.6) is 0 Å². The Bertz CT molecular complexity index is 1080. The molecule has 10 nitrogen and oxygen atoms in total. The van der Waals surface area contributed by atoms with E-state index in [9.17, 15) is 19.2 Å². The fourth-order valence-corrected chi connectivity index (χ4v) is 4.05. The highest BCUT2D eigenvalue weighted by Crippen LogP contribution is 2.28. The van der Waals surface area contributed by atoms with Gasteiger partial charge < -0.3 is 20.9 Å². The summed E-state index contributed by atoms with van der Waals surface area (Å²) >= 11 is 0. The summed E-state index contributed by atoms with van der Waals surface area (Å²) < 4.78 is 1.22. The first kappa shape index (κ1) is 22.3. The lowest BCUT2D eigenvalue weighted by Crippen LogP contribution is -2.38. The van der Waals surface area contributed by atoms with E-state index in [1.54, 1.807) is 17.2 Å². The topological polar surface area (TPSA) is 131 Å². The van der Waals surface area contributed by atoms with Crippen molar-refractivity contribution in [3.63, 3.8) is 0 Å². The highest BCUT2D eigenvalue weighted by Gasteiger charge is 2.26. The van der Waals surface area contributed by atoms with E-state index in [2.05, 4.69) is 15.2 Å². The van der Waals surface area contributed by atoms with Gasteiger partial charge in [0.25, 0.3) is 11.5 Å². The number of nitrogens with one attached hydrogen (secondary N) is 1. The number of amides is 3. The van der Waals surface area contributed by atoms with Crippen molar-refractivity contribution in [2.45, 2.75) is 39.8 Å². The Morgan fingerprint density at radius 3 is 2.61 bits per heavy atom. The van der Waals surface area contributed by atoms with Crippen LogP contribution in [0.15, 0.2) is 23.1 Å². The number of pyridine rings is 2. The zero-order chi connectivity index (χ0) is 22.7. The molecular weight excluding hydrogens is 400 g/mol. The Hall–Kier alpha value is -3.43. The molecule has 166 valence electrons. The molecule has 1 aliphatic rings. The van der Waals surface area contributed by atoms with E-state index in [-0.39, 0.29) is 30.0 Å². The fourth-order valence-electron chi connectivity index (χ4n) is 4.05. The second-order valence-electron chi connectivity index (χ2n) is 7.58. The minimum absolute atomic E-state index is 0.00600. The van der Waals surface area contributed by atoms with Crippen LogP contribution in [-0.4, -0.2) is 64.4 Å². The first-order valence-electron chi connectivity index (χ1n) is 10.4. The van der Waals surface area contributed by atoms with E-state index in [1.807, 2.05) is 13.8 Å². The van der Waals surface area contributed by atoms with Crippen LogP contribution in [-0.2, 0) is 16.1 Å². The molecule has 0 spiro atoms. The normalized spacial score (nSPS) is 15.8. The van der Waals surface area contributed by atoms with Crippen LogP contribution in [0.1, 0.15) is 37.6 Å². The molecule has 31 heavy (non-hydrogen) atoms. The minimum atomic E-state index is -0.858. The van der Waals surface area contributed by atoms with Gasteiger partial charge in [-0.15, -0.1) is 0 Å². The molecule has 2 aromatic rings. The number of aromatic nitrogens is 2. The van der Waals surface area contributed by atoms with Gasteiger partial charge in [-0.25, -0.2) is 4.98 Å². The third-order valence-electron chi connectivity index (χ3n) is 5.58. The van der Waals surface area contributed by atoms with Gasteiger partial charge in [0.1, 0.15) is 17.8 Å². The number of anilines is 1. The van der Waals surface area contributed by atoms with Gasteiger partial charge in [0.2, 0.25) is 11.8 Å². The predicted octanol–water partition coefficient (Wildman–Crippen LogP) is 0.0786. The Kier molecular flexibility index (Phi) is 6.57. The Labute approximate surface area is 180 Å². The van der Waals surface area contributed by atoms with Crippen molar-refractivity contribution in [1.29, 1.82) is 0 Å². The van der Waals surface area contributed by atoms with E-state index in [1.165, 1.54) is 17.6 Å². The number of carbonyl (C=O) groups is 3. The molecule has 1 fully saturated rings. The minimum Gasteiger partial charge on any atom is -0.369 e. The zero-order valence-electron chi connectivity index (χ0n) is 18.1. The molecule has 1 saturated heterocycles. The fraction of sp³-hybridized carbons (Fsp3) is 0.476. The van der Waals surface area contributed by atoms with Gasteiger partial charge in [0.15, 0.2) is 0 Å². The van der Waals surface area contributed by atoms with E-state index < -0.39 is 11.5 Å². The molecule has 1 atom stereocenters. The number of primary amides is 1. The number of likely N-dealkylation sites (N-methyl/N-ethyl adjacent to an activating group) is 1.